The zero-order valence-corrected chi connectivity index (χ0v) is 15.6. The zero-order valence-electron chi connectivity index (χ0n) is 14.8. The van der Waals surface area contributed by atoms with Crippen LogP contribution in [0.4, 0.5) is 5.69 Å². The van der Waals surface area contributed by atoms with Gasteiger partial charge in [0.05, 0.1) is 24.9 Å². The summed E-state index contributed by atoms with van der Waals surface area (Å²) in [6.07, 6.45) is 1.46. The van der Waals surface area contributed by atoms with Gasteiger partial charge >= 0.3 is 0 Å². The fourth-order valence-corrected chi connectivity index (χ4v) is 3.68. The van der Waals surface area contributed by atoms with Gasteiger partial charge in [-0.3, -0.25) is 9.10 Å². The molecule has 6 heteroatoms. The van der Waals surface area contributed by atoms with Gasteiger partial charge in [0.1, 0.15) is 0 Å². The van der Waals surface area contributed by atoms with E-state index in [4.69, 9.17) is 0 Å². The van der Waals surface area contributed by atoms with Crippen LogP contribution in [0.1, 0.15) is 16.7 Å². The molecule has 0 saturated heterocycles. The largest absolute Gasteiger partial charge is 0.354 e. The molecule has 0 unspecified atom stereocenters. The predicted octanol–water partition coefficient (Wildman–Crippen LogP) is 2.43. The Balaban J connectivity index is 2.00. The second-order valence-corrected chi connectivity index (χ2v) is 8.04. The number of anilines is 1. The number of carbonyl (C=O) groups excluding carboxylic acids is 1. The van der Waals surface area contributed by atoms with Crippen molar-refractivity contribution in [2.24, 2.45) is 0 Å². The smallest absolute Gasteiger partial charge is 0.232 e. The average molecular weight is 360 g/mol. The molecule has 0 aromatic heterocycles. The number of hydrogen-bond acceptors (Lipinski definition) is 3. The first-order valence-corrected chi connectivity index (χ1v) is 9.98. The van der Waals surface area contributed by atoms with Crippen LogP contribution in [-0.2, 0) is 21.2 Å². The van der Waals surface area contributed by atoms with E-state index in [0.717, 1.165) is 16.7 Å². The Bertz CT molecular complexity index is 833. The lowest BCUT2D eigenvalue weighted by Gasteiger charge is -2.24. The molecule has 0 spiro atoms. The molecule has 0 bridgehead atoms. The van der Waals surface area contributed by atoms with Crippen LogP contribution in [0.15, 0.2) is 48.5 Å². The van der Waals surface area contributed by atoms with Gasteiger partial charge in [-0.1, -0.05) is 48.0 Å². The second-order valence-electron chi connectivity index (χ2n) is 6.14. The van der Waals surface area contributed by atoms with Gasteiger partial charge in [0.2, 0.25) is 15.9 Å². The quantitative estimate of drug-likeness (QED) is 0.825. The molecular formula is C19H24N2O3S. The molecule has 0 atom stereocenters. The Morgan fingerprint density at radius 1 is 1.08 bits per heavy atom. The highest BCUT2D eigenvalue weighted by molar-refractivity contribution is 7.92. The molecule has 1 N–H and O–H groups in total. The summed E-state index contributed by atoms with van der Waals surface area (Å²) < 4.78 is 25.6. The number of aryl methyl sites for hydroxylation is 2. The Morgan fingerprint density at radius 3 is 2.36 bits per heavy atom. The van der Waals surface area contributed by atoms with E-state index in [1.807, 2.05) is 56.3 Å². The maximum absolute atomic E-state index is 12.1. The van der Waals surface area contributed by atoms with Crippen LogP contribution >= 0.6 is 0 Å². The molecule has 0 radical (unpaired) electrons. The van der Waals surface area contributed by atoms with Crippen molar-refractivity contribution < 1.29 is 13.2 Å². The van der Waals surface area contributed by atoms with E-state index in [1.165, 1.54) is 10.6 Å². The first-order chi connectivity index (χ1) is 11.8. The summed E-state index contributed by atoms with van der Waals surface area (Å²) in [7, 11) is -3.43. The third-order valence-electron chi connectivity index (χ3n) is 3.87. The van der Waals surface area contributed by atoms with Gasteiger partial charge in [0, 0.05) is 6.54 Å². The summed E-state index contributed by atoms with van der Waals surface area (Å²) >= 11 is 0. The van der Waals surface area contributed by atoms with Crippen LogP contribution in [0.5, 0.6) is 0 Å². The van der Waals surface area contributed by atoms with Gasteiger partial charge in [-0.2, -0.15) is 0 Å². The fraction of sp³-hybridized carbons (Fsp3) is 0.316. The number of nitrogens with zero attached hydrogens (tertiary/aromatic N) is 1. The lowest BCUT2D eigenvalue weighted by Crippen LogP contribution is -2.38. The van der Waals surface area contributed by atoms with Crippen LogP contribution in [-0.4, -0.2) is 33.7 Å². The summed E-state index contributed by atoms with van der Waals surface area (Å²) in [5.74, 6) is -0.125. The van der Waals surface area contributed by atoms with Crippen LogP contribution in [0, 0.1) is 13.8 Å². The molecule has 0 aliphatic carbocycles. The Morgan fingerprint density at radius 2 is 1.76 bits per heavy atom. The van der Waals surface area contributed by atoms with E-state index in [1.54, 1.807) is 6.07 Å². The Labute approximate surface area is 149 Å². The first-order valence-electron chi connectivity index (χ1n) is 8.13. The number of rotatable bonds is 7. The van der Waals surface area contributed by atoms with Crippen LogP contribution in [0.3, 0.4) is 0 Å². The van der Waals surface area contributed by atoms with Gasteiger partial charge in [-0.25, -0.2) is 8.42 Å². The zero-order chi connectivity index (χ0) is 18.4. The molecule has 0 fully saturated rings. The third kappa shape index (κ3) is 5.60. The monoisotopic (exact) mass is 360 g/mol. The topological polar surface area (TPSA) is 66.5 Å². The highest BCUT2D eigenvalue weighted by atomic mass is 32.2. The van der Waals surface area contributed by atoms with Crippen molar-refractivity contribution in [2.45, 2.75) is 20.3 Å². The number of benzene rings is 2. The average Bonchev–Trinajstić information content (AvgIpc) is 2.52. The lowest BCUT2D eigenvalue weighted by atomic mass is 10.1. The maximum Gasteiger partial charge on any atom is 0.232 e. The lowest BCUT2D eigenvalue weighted by molar-refractivity contribution is -0.120. The summed E-state index contributed by atoms with van der Waals surface area (Å²) in [5, 5.41) is 2.79. The van der Waals surface area contributed by atoms with Crippen molar-refractivity contribution in [3.05, 3.63) is 65.2 Å². The highest BCUT2D eigenvalue weighted by Gasteiger charge is 2.19. The first kappa shape index (κ1) is 19.0. The van der Waals surface area contributed by atoms with Crippen molar-refractivity contribution >= 4 is 21.6 Å². The normalized spacial score (nSPS) is 11.2. The van der Waals surface area contributed by atoms with Gasteiger partial charge < -0.3 is 5.32 Å². The molecule has 134 valence electrons. The predicted molar refractivity (Wildman–Crippen MR) is 101 cm³/mol. The minimum Gasteiger partial charge on any atom is -0.354 e. The molecule has 0 aliphatic rings. The summed E-state index contributed by atoms with van der Waals surface area (Å²) in [6, 6.07) is 15.1. The SMILES string of the molecule is Cc1ccc(N(CCNC(=O)Cc2ccccc2)S(C)(=O)=O)c(C)c1. The number of nitrogens with one attached hydrogen (secondary N) is 1. The molecule has 0 aliphatic heterocycles. The van der Waals surface area contributed by atoms with E-state index < -0.39 is 10.0 Å². The molecule has 0 heterocycles. The van der Waals surface area contributed by atoms with E-state index in [0.29, 0.717) is 5.69 Å². The Hall–Kier alpha value is -2.34. The van der Waals surface area contributed by atoms with Crippen LogP contribution in [0.25, 0.3) is 0 Å². The van der Waals surface area contributed by atoms with Crippen molar-refractivity contribution in [1.82, 2.24) is 5.32 Å². The molecule has 2 rings (SSSR count). The number of carbonyl (C=O) groups is 1. The Kier molecular flexibility index (Phi) is 6.20. The van der Waals surface area contributed by atoms with Gasteiger partial charge in [-0.05, 0) is 31.0 Å². The number of sulfonamides is 1. The number of amides is 1. The third-order valence-corrected chi connectivity index (χ3v) is 5.05. The van der Waals surface area contributed by atoms with E-state index in [-0.39, 0.29) is 25.4 Å². The van der Waals surface area contributed by atoms with E-state index >= 15 is 0 Å². The highest BCUT2D eigenvalue weighted by Crippen LogP contribution is 2.23. The minimum atomic E-state index is -3.43. The molecule has 25 heavy (non-hydrogen) atoms. The van der Waals surface area contributed by atoms with E-state index in [9.17, 15) is 13.2 Å². The summed E-state index contributed by atoms with van der Waals surface area (Å²) in [6.45, 7) is 4.30. The standard InChI is InChI=1S/C19H24N2O3S/c1-15-9-10-18(16(2)13-15)21(25(3,23)24)12-11-20-19(22)14-17-7-5-4-6-8-17/h4-10,13H,11-12,14H2,1-3H3,(H,20,22). The van der Waals surface area contributed by atoms with Crippen molar-refractivity contribution in [3.63, 3.8) is 0 Å². The van der Waals surface area contributed by atoms with Crippen LogP contribution < -0.4 is 9.62 Å². The molecule has 0 saturated carbocycles. The summed E-state index contributed by atoms with van der Waals surface area (Å²) in [4.78, 5) is 12.0. The van der Waals surface area contributed by atoms with Crippen molar-refractivity contribution in [3.8, 4) is 0 Å². The van der Waals surface area contributed by atoms with Crippen molar-refractivity contribution in [1.29, 1.82) is 0 Å². The molecule has 1 amide bonds. The van der Waals surface area contributed by atoms with Crippen molar-refractivity contribution in [2.75, 3.05) is 23.7 Å². The number of hydrogen-bond donors (Lipinski definition) is 1. The molecular weight excluding hydrogens is 336 g/mol. The molecule has 2 aromatic rings. The fourth-order valence-electron chi connectivity index (χ4n) is 2.69. The maximum atomic E-state index is 12.1. The molecule has 2 aromatic carbocycles. The minimum absolute atomic E-state index is 0.125. The second kappa shape index (κ2) is 8.16. The van der Waals surface area contributed by atoms with Crippen LogP contribution in [0.2, 0.25) is 0 Å². The van der Waals surface area contributed by atoms with Gasteiger partial charge in [-0.15, -0.1) is 0 Å². The molecule has 5 nitrogen and oxygen atoms in total. The van der Waals surface area contributed by atoms with E-state index in [2.05, 4.69) is 5.32 Å². The summed E-state index contributed by atoms with van der Waals surface area (Å²) in [5.41, 5.74) is 3.53. The van der Waals surface area contributed by atoms with Gasteiger partial charge in [0.15, 0.2) is 0 Å². The van der Waals surface area contributed by atoms with Gasteiger partial charge in [0.25, 0.3) is 0 Å².